The van der Waals surface area contributed by atoms with Gasteiger partial charge in [-0.1, -0.05) is 13.3 Å². The summed E-state index contributed by atoms with van der Waals surface area (Å²) in [6.45, 7) is 2.88. The second kappa shape index (κ2) is 4.95. The van der Waals surface area contributed by atoms with Crippen LogP contribution in [0.5, 0.6) is 0 Å². The molecule has 5 heteroatoms. The molecule has 1 amide bonds. The van der Waals surface area contributed by atoms with Crippen LogP contribution in [-0.2, 0) is 0 Å². The topological polar surface area (TPSA) is 61.9 Å². The van der Waals surface area contributed by atoms with Crippen LogP contribution in [-0.4, -0.2) is 39.4 Å². The van der Waals surface area contributed by atoms with Crippen molar-refractivity contribution in [2.24, 2.45) is 0 Å². The second-order valence-corrected chi connectivity index (χ2v) is 4.08. The van der Waals surface area contributed by atoms with Crippen LogP contribution >= 0.6 is 0 Å². The van der Waals surface area contributed by atoms with Crippen molar-refractivity contribution >= 4 is 17.1 Å². The van der Waals surface area contributed by atoms with E-state index in [0.717, 1.165) is 24.9 Å². The number of rotatable bonds is 4. The highest BCUT2D eigenvalue weighted by atomic mass is 16.2. The van der Waals surface area contributed by atoms with Crippen molar-refractivity contribution in [1.82, 2.24) is 19.9 Å². The molecule has 0 atom stereocenters. The zero-order chi connectivity index (χ0) is 12.3. The SMILES string of the molecule is CCCCN(C)C(=O)c1cnc2nc[nH]c2c1. The van der Waals surface area contributed by atoms with Crippen molar-refractivity contribution in [3.05, 3.63) is 24.2 Å². The van der Waals surface area contributed by atoms with Gasteiger partial charge in [0.2, 0.25) is 0 Å². The van der Waals surface area contributed by atoms with Gasteiger partial charge in [0.1, 0.15) is 0 Å². The van der Waals surface area contributed by atoms with E-state index in [1.54, 1.807) is 23.5 Å². The van der Waals surface area contributed by atoms with Crippen molar-refractivity contribution in [2.45, 2.75) is 19.8 Å². The molecule has 0 aliphatic carbocycles. The number of aromatic nitrogens is 3. The number of unbranched alkanes of at least 4 members (excludes halogenated alkanes) is 1. The lowest BCUT2D eigenvalue weighted by Gasteiger charge is -2.16. The number of fused-ring (bicyclic) bond motifs is 1. The Balaban J connectivity index is 2.17. The maximum absolute atomic E-state index is 12.1. The Morgan fingerprint density at radius 2 is 2.29 bits per heavy atom. The Kier molecular flexibility index (Phi) is 3.37. The van der Waals surface area contributed by atoms with Crippen LogP contribution < -0.4 is 0 Å². The van der Waals surface area contributed by atoms with Crippen LogP contribution in [0.4, 0.5) is 0 Å². The summed E-state index contributed by atoms with van der Waals surface area (Å²) in [4.78, 5) is 24.9. The zero-order valence-corrected chi connectivity index (χ0v) is 10.1. The molecule has 2 aromatic heterocycles. The summed E-state index contributed by atoms with van der Waals surface area (Å²) in [5.74, 6) is 0.00227. The van der Waals surface area contributed by atoms with Gasteiger partial charge < -0.3 is 9.88 Å². The van der Waals surface area contributed by atoms with Gasteiger partial charge in [0.25, 0.3) is 5.91 Å². The van der Waals surface area contributed by atoms with Gasteiger partial charge in [0.15, 0.2) is 5.65 Å². The van der Waals surface area contributed by atoms with Crippen molar-refractivity contribution in [3.63, 3.8) is 0 Å². The number of imidazole rings is 1. The average molecular weight is 232 g/mol. The minimum absolute atomic E-state index is 0.00227. The predicted molar refractivity (Wildman–Crippen MR) is 65.8 cm³/mol. The van der Waals surface area contributed by atoms with Gasteiger partial charge in [0, 0.05) is 19.8 Å². The first-order chi connectivity index (χ1) is 8.22. The molecule has 0 spiro atoms. The van der Waals surface area contributed by atoms with Gasteiger partial charge >= 0.3 is 0 Å². The molecule has 90 valence electrons. The second-order valence-electron chi connectivity index (χ2n) is 4.08. The molecular formula is C12H16N4O. The van der Waals surface area contributed by atoms with Gasteiger partial charge in [-0.15, -0.1) is 0 Å². The Labute approximate surface area is 99.9 Å². The smallest absolute Gasteiger partial charge is 0.255 e. The lowest BCUT2D eigenvalue weighted by atomic mass is 10.2. The number of nitrogens with one attached hydrogen (secondary N) is 1. The molecule has 0 bridgehead atoms. The summed E-state index contributed by atoms with van der Waals surface area (Å²) in [7, 11) is 1.81. The minimum Gasteiger partial charge on any atom is -0.343 e. The molecule has 0 aliphatic rings. The molecule has 2 aromatic rings. The summed E-state index contributed by atoms with van der Waals surface area (Å²) in [6, 6.07) is 1.79. The third-order valence-electron chi connectivity index (χ3n) is 2.71. The highest BCUT2D eigenvalue weighted by molar-refractivity contribution is 5.96. The van der Waals surface area contributed by atoms with Gasteiger partial charge in [-0.3, -0.25) is 4.79 Å². The summed E-state index contributed by atoms with van der Waals surface area (Å²) in [5.41, 5.74) is 2.03. The van der Waals surface area contributed by atoms with Crippen LogP contribution in [0.15, 0.2) is 18.6 Å². The van der Waals surface area contributed by atoms with E-state index in [1.807, 2.05) is 7.05 Å². The first-order valence-corrected chi connectivity index (χ1v) is 5.77. The van der Waals surface area contributed by atoms with Crippen LogP contribution in [0.3, 0.4) is 0 Å². The van der Waals surface area contributed by atoms with E-state index in [9.17, 15) is 4.79 Å². The molecule has 2 rings (SSSR count). The first kappa shape index (κ1) is 11.6. The van der Waals surface area contributed by atoms with E-state index in [0.29, 0.717) is 11.2 Å². The molecular weight excluding hydrogens is 216 g/mol. The number of H-pyrrole nitrogens is 1. The first-order valence-electron chi connectivity index (χ1n) is 5.77. The van der Waals surface area contributed by atoms with Crippen LogP contribution in [0.1, 0.15) is 30.1 Å². The Morgan fingerprint density at radius 3 is 3.06 bits per heavy atom. The minimum atomic E-state index is 0.00227. The number of nitrogens with zero attached hydrogens (tertiary/aromatic N) is 3. The highest BCUT2D eigenvalue weighted by Gasteiger charge is 2.12. The molecule has 2 heterocycles. The lowest BCUT2D eigenvalue weighted by molar-refractivity contribution is 0.0793. The van der Waals surface area contributed by atoms with Crippen LogP contribution in [0, 0.1) is 0 Å². The maximum atomic E-state index is 12.1. The Hall–Kier alpha value is -1.91. The van der Waals surface area contributed by atoms with Crippen LogP contribution in [0.25, 0.3) is 11.2 Å². The zero-order valence-electron chi connectivity index (χ0n) is 10.1. The Bertz CT molecular complexity index is 520. The van der Waals surface area contributed by atoms with E-state index in [-0.39, 0.29) is 5.91 Å². The largest absolute Gasteiger partial charge is 0.343 e. The maximum Gasteiger partial charge on any atom is 0.255 e. The summed E-state index contributed by atoms with van der Waals surface area (Å²) in [5, 5.41) is 0. The van der Waals surface area contributed by atoms with E-state index >= 15 is 0 Å². The number of carbonyl (C=O) groups is 1. The molecule has 0 radical (unpaired) electrons. The number of aromatic amines is 1. The molecule has 0 saturated carbocycles. The summed E-state index contributed by atoms with van der Waals surface area (Å²) >= 11 is 0. The van der Waals surface area contributed by atoms with Gasteiger partial charge in [-0.05, 0) is 12.5 Å². The van der Waals surface area contributed by atoms with E-state index in [4.69, 9.17) is 0 Å². The molecule has 0 aromatic carbocycles. The average Bonchev–Trinajstić information content (AvgIpc) is 2.81. The van der Waals surface area contributed by atoms with E-state index < -0.39 is 0 Å². The molecule has 1 N–H and O–H groups in total. The number of hydrogen-bond acceptors (Lipinski definition) is 3. The fourth-order valence-electron chi connectivity index (χ4n) is 1.66. The van der Waals surface area contributed by atoms with E-state index in [2.05, 4.69) is 21.9 Å². The molecule has 0 fully saturated rings. The summed E-state index contributed by atoms with van der Waals surface area (Å²) in [6.07, 6.45) is 5.25. The molecule has 0 aliphatic heterocycles. The number of hydrogen-bond donors (Lipinski definition) is 1. The normalized spacial score (nSPS) is 10.7. The van der Waals surface area contributed by atoms with Crippen molar-refractivity contribution in [1.29, 1.82) is 0 Å². The number of pyridine rings is 1. The number of carbonyl (C=O) groups excluding carboxylic acids is 1. The fourth-order valence-corrected chi connectivity index (χ4v) is 1.66. The molecule has 0 unspecified atom stereocenters. The van der Waals surface area contributed by atoms with E-state index in [1.165, 1.54) is 0 Å². The molecule has 0 saturated heterocycles. The fraction of sp³-hybridized carbons (Fsp3) is 0.417. The third-order valence-corrected chi connectivity index (χ3v) is 2.71. The monoisotopic (exact) mass is 232 g/mol. The summed E-state index contributed by atoms with van der Waals surface area (Å²) < 4.78 is 0. The van der Waals surface area contributed by atoms with Gasteiger partial charge in [-0.2, -0.15) is 0 Å². The molecule has 17 heavy (non-hydrogen) atoms. The van der Waals surface area contributed by atoms with Crippen molar-refractivity contribution in [3.8, 4) is 0 Å². The predicted octanol–water partition coefficient (Wildman–Crippen LogP) is 1.83. The van der Waals surface area contributed by atoms with Gasteiger partial charge in [-0.25, -0.2) is 9.97 Å². The van der Waals surface area contributed by atoms with Crippen molar-refractivity contribution in [2.75, 3.05) is 13.6 Å². The van der Waals surface area contributed by atoms with Crippen molar-refractivity contribution < 1.29 is 4.79 Å². The number of amides is 1. The quantitative estimate of drug-likeness (QED) is 0.874. The standard InChI is InChI=1S/C12H16N4O/c1-3-4-5-16(2)12(17)9-6-10-11(13-7-9)15-8-14-10/h6-8H,3-5H2,1-2H3,(H,13,14,15). The lowest BCUT2D eigenvalue weighted by Crippen LogP contribution is -2.27. The highest BCUT2D eigenvalue weighted by Crippen LogP contribution is 2.10. The molecule has 5 nitrogen and oxygen atoms in total. The van der Waals surface area contributed by atoms with Gasteiger partial charge in [0.05, 0.1) is 17.4 Å². The Morgan fingerprint density at radius 1 is 1.47 bits per heavy atom. The van der Waals surface area contributed by atoms with Crippen LogP contribution in [0.2, 0.25) is 0 Å². The third kappa shape index (κ3) is 2.43.